The van der Waals surface area contributed by atoms with Crippen molar-refractivity contribution >= 4 is 17.5 Å². The van der Waals surface area contributed by atoms with Crippen LogP contribution in [0.1, 0.15) is 46.3 Å². The Morgan fingerprint density at radius 2 is 1.83 bits per heavy atom. The van der Waals surface area contributed by atoms with Crippen molar-refractivity contribution < 1.29 is 22.8 Å². The first-order valence-corrected chi connectivity index (χ1v) is 11.5. The smallest absolute Gasteiger partial charge is 0.359 e. The van der Waals surface area contributed by atoms with Crippen LogP contribution in [0.15, 0.2) is 42.5 Å². The average molecular weight is 485 g/mol. The molecule has 2 heterocycles. The van der Waals surface area contributed by atoms with Crippen LogP contribution in [-0.4, -0.2) is 49.4 Å². The molecule has 1 atom stereocenters. The number of amides is 2. The van der Waals surface area contributed by atoms with E-state index in [0.717, 1.165) is 17.7 Å². The zero-order valence-electron chi connectivity index (χ0n) is 19.7. The van der Waals surface area contributed by atoms with Gasteiger partial charge in [-0.1, -0.05) is 18.2 Å². The minimum atomic E-state index is -4.68. The molecule has 2 aliphatic heterocycles. The molecule has 1 N–H and O–H groups in total. The van der Waals surface area contributed by atoms with Crippen molar-refractivity contribution in [1.29, 1.82) is 5.26 Å². The van der Waals surface area contributed by atoms with E-state index in [4.69, 9.17) is 5.26 Å². The van der Waals surface area contributed by atoms with E-state index in [9.17, 15) is 22.8 Å². The number of nitriles is 1. The standard InChI is InChI=1S/C26H27F3N4O2/c1-17-5-3-4-6-20(17)24(35)32-11-9-25(10-12-32)14-22(23(34)31-2)33(16-25)19-8-7-18(15-30)21(13-19)26(27,28)29/h3-8,13,22H,9-12,14,16H2,1-2H3,(H,31,34). The molecule has 2 amide bonds. The van der Waals surface area contributed by atoms with Gasteiger partial charge in [-0.15, -0.1) is 0 Å². The largest absolute Gasteiger partial charge is 0.417 e. The van der Waals surface area contributed by atoms with Crippen molar-refractivity contribution in [2.24, 2.45) is 5.41 Å². The lowest BCUT2D eigenvalue weighted by Crippen LogP contribution is -2.44. The van der Waals surface area contributed by atoms with Crippen molar-refractivity contribution in [3.05, 3.63) is 64.7 Å². The molecule has 4 rings (SSSR count). The van der Waals surface area contributed by atoms with Crippen LogP contribution in [0.5, 0.6) is 0 Å². The molecule has 0 radical (unpaired) electrons. The summed E-state index contributed by atoms with van der Waals surface area (Å²) in [5.41, 5.74) is 0.0804. The van der Waals surface area contributed by atoms with E-state index in [-0.39, 0.29) is 22.9 Å². The SMILES string of the molecule is CNC(=O)C1CC2(CCN(C(=O)c3ccccc3C)CC2)CN1c1ccc(C#N)c(C(F)(F)F)c1. The summed E-state index contributed by atoms with van der Waals surface area (Å²) in [5, 5.41) is 11.8. The molecule has 0 saturated carbocycles. The number of likely N-dealkylation sites (tertiary alicyclic amines) is 1. The number of hydrogen-bond acceptors (Lipinski definition) is 4. The summed E-state index contributed by atoms with van der Waals surface area (Å²) in [6.07, 6.45) is -2.89. The molecule has 0 bridgehead atoms. The second kappa shape index (κ2) is 9.25. The number of nitrogens with zero attached hydrogens (tertiary/aromatic N) is 3. The maximum absolute atomic E-state index is 13.6. The number of likely N-dealkylation sites (N-methyl/N-ethyl adjacent to an activating group) is 1. The van der Waals surface area contributed by atoms with Crippen molar-refractivity contribution in [2.45, 2.75) is 38.4 Å². The average Bonchev–Trinajstić information content (AvgIpc) is 3.22. The second-order valence-electron chi connectivity index (χ2n) is 9.41. The van der Waals surface area contributed by atoms with Crippen LogP contribution < -0.4 is 10.2 Å². The number of anilines is 1. The maximum Gasteiger partial charge on any atom is 0.417 e. The van der Waals surface area contributed by atoms with Gasteiger partial charge in [0.05, 0.1) is 17.2 Å². The second-order valence-corrected chi connectivity index (χ2v) is 9.41. The Morgan fingerprint density at radius 1 is 1.14 bits per heavy atom. The van der Waals surface area contributed by atoms with E-state index >= 15 is 0 Å². The monoisotopic (exact) mass is 484 g/mol. The zero-order valence-corrected chi connectivity index (χ0v) is 19.7. The molecule has 2 aliphatic rings. The Morgan fingerprint density at radius 3 is 2.43 bits per heavy atom. The van der Waals surface area contributed by atoms with E-state index in [0.29, 0.717) is 44.5 Å². The minimum Gasteiger partial charge on any atom is -0.359 e. The molecule has 2 fully saturated rings. The van der Waals surface area contributed by atoms with Gasteiger partial charge in [0.1, 0.15) is 6.04 Å². The molecule has 1 spiro atoms. The Bertz CT molecular complexity index is 1180. The van der Waals surface area contributed by atoms with Gasteiger partial charge in [0.15, 0.2) is 0 Å². The van der Waals surface area contributed by atoms with E-state index < -0.39 is 23.3 Å². The number of alkyl halides is 3. The summed E-state index contributed by atoms with van der Waals surface area (Å²) in [4.78, 5) is 29.3. The molecular formula is C26H27F3N4O2. The Balaban J connectivity index is 1.58. The summed E-state index contributed by atoms with van der Waals surface area (Å²) < 4.78 is 40.7. The number of benzene rings is 2. The maximum atomic E-state index is 13.6. The van der Waals surface area contributed by atoms with Gasteiger partial charge in [-0.05, 0) is 61.4 Å². The summed E-state index contributed by atoms with van der Waals surface area (Å²) in [6, 6.07) is 12.0. The number of piperidine rings is 1. The first-order valence-electron chi connectivity index (χ1n) is 11.5. The molecule has 2 aromatic carbocycles. The Labute approximate surface area is 202 Å². The molecule has 9 heteroatoms. The molecule has 0 aliphatic carbocycles. The predicted molar refractivity (Wildman–Crippen MR) is 125 cm³/mol. The third kappa shape index (κ3) is 4.70. The van der Waals surface area contributed by atoms with Gasteiger partial charge in [-0.25, -0.2) is 0 Å². The number of hydrogen-bond donors (Lipinski definition) is 1. The number of halogens is 3. The van der Waals surface area contributed by atoms with E-state index in [1.807, 2.05) is 36.1 Å². The van der Waals surface area contributed by atoms with Crippen molar-refractivity contribution in [1.82, 2.24) is 10.2 Å². The Kier molecular flexibility index (Phi) is 6.50. The number of carbonyl (C=O) groups excluding carboxylic acids is 2. The fraction of sp³-hybridized carbons (Fsp3) is 0.423. The molecule has 1 unspecified atom stereocenters. The van der Waals surface area contributed by atoms with Crippen LogP contribution >= 0.6 is 0 Å². The van der Waals surface area contributed by atoms with Gasteiger partial charge < -0.3 is 15.1 Å². The predicted octanol–water partition coefficient (Wildman–Crippen LogP) is 4.13. The fourth-order valence-corrected chi connectivity index (χ4v) is 5.30. The summed E-state index contributed by atoms with van der Waals surface area (Å²) in [7, 11) is 1.51. The first kappa shape index (κ1) is 24.6. The van der Waals surface area contributed by atoms with E-state index in [1.54, 1.807) is 11.0 Å². The van der Waals surface area contributed by atoms with E-state index in [1.165, 1.54) is 13.1 Å². The molecule has 0 aromatic heterocycles. The summed E-state index contributed by atoms with van der Waals surface area (Å²) in [6.45, 7) is 3.33. The normalized spacial score (nSPS) is 19.5. The summed E-state index contributed by atoms with van der Waals surface area (Å²) >= 11 is 0. The molecule has 35 heavy (non-hydrogen) atoms. The van der Waals surface area contributed by atoms with Gasteiger partial charge >= 0.3 is 6.18 Å². The quantitative estimate of drug-likeness (QED) is 0.711. The highest BCUT2D eigenvalue weighted by Gasteiger charge is 2.49. The van der Waals surface area contributed by atoms with Gasteiger partial charge in [0, 0.05) is 37.9 Å². The third-order valence-corrected chi connectivity index (χ3v) is 7.30. The number of aryl methyl sites for hydroxylation is 1. The van der Waals surface area contributed by atoms with Gasteiger partial charge in [-0.2, -0.15) is 18.4 Å². The summed E-state index contributed by atoms with van der Waals surface area (Å²) in [5.74, 6) is -0.296. The molecule has 2 saturated heterocycles. The van der Waals surface area contributed by atoms with E-state index in [2.05, 4.69) is 5.32 Å². The van der Waals surface area contributed by atoms with Crippen LogP contribution in [0.4, 0.5) is 18.9 Å². The number of nitrogens with one attached hydrogen (secondary N) is 1. The van der Waals surface area contributed by atoms with Crippen LogP contribution in [0.2, 0.25) is 0 Å². The first-order chi connectivity index (χ1) is 16.6. The highest BCUT2D eigenvalue weighted by molar-refractivity contribution is 5.95. The van der Waals surface area contributed by atoms with Crippen molar-refractivity contribution in [3.63, 3.8) is 0 Å². The topological polar surface area (TPSA) is 76.4 Å². The Hall–Kier alpha value is -3.54. The number of carbonyl (C=O) groups is 2. The minimum absolute atomic E-state index is 0.0300. The molecule has 184 valence electrons. The lowest BCUT2D eigenvalue weighted by molar-refractivity contribution is -0.137. The zero-order chi connectivity index (χ0) is 25.4. The van der Waals surface area contributed by atoms with Crippen molar-refractivity contribution in [3.8, 4) is 6.07 Å². The number of rotatable bonds is 3. The lowest BCUT2D eigenvalue weighted by atomic mass is 9.76. The van der Waals surface area contributed by atoms with Crippen LogP contribution in [0, 0.1) is 23.7 Å². The lowest BCUT2D eigenvalue weighted by Gasteiger charge is -2.39. The van der Waals surface area contributed by atoms with Crippen molar-refractivity contribution in [2.75, 3.05) is 31.6 Å². The van der Waals surface area contributed by atoms with Gasteiger partial charge in [0.25, 0.3) is 5.91 Å². The molecule has 6 nitrogen and oxygen atoms in total. The highest BCUT2D eigenvalue weighted by Crippen LogP contribution is 2.46. The third-order valence-electron chi connectivity index (χ3n) is 7.30. The van der Waals surface area contributed by atoms with Gasteiger partial charge in [-0.3, -0.25) is 9.59 Å². The van der Waals surface area contributed by atoms with Crippen LogP contribution in [0.3, 0.4) is 0 Å². The fourth-order valence-electron chi connectivity index (χ4n) is 5.30. The van der Waals surface area contributed by atoms with Crippen LogP contribution in [-0.2, 0) is 11.0 Å². The molecule has 2 aromatic rings. The molecular weight excluding hydrogens is 457 g/mol. The van der Waals surface area contributed by atoms with Crippen LogP contribution in [0.25, 0.3) is 0 Å². The van der Waals surface area contributed by atoms with Gasteiger partial charge in [0.2, 0.25) is 5.91 Å². The highest BCUT2D eigenvalue weighted by atomic mass is 19.4.